The zero-order valence-electron chi connectivity index (χ0n) is 19.3. The van der Waals surface area contributed by atoms with E-state index in [1.165, 1.54) is 0 Å². The number of piperidine rings is 1. The van der Waals surface area contributed by atoms with Crippen molar-refractivity contribution in [2.45, 2.75) is 19.1 Å². The average Bonchev–Trinajstić information content (AvgIpc) is 2.47. The number of aromatic nitrogens is 1. The molecule has 0 unspecified atom stereocenters. The molecule has 0 radical (unpaired) electrons. The second-order valence-electron chi connectivity index (χ2n) is 2.05. The maximum absolute atomic E-state index is 8.03. The van der Waals surface area contributed by atoms with Crippen LogP contribution in [-0.2, 0) is 0 Å². The van der Waals surface area contributed by atoms with Gasteiger partial charge in [0.2, 0.25) is 0 Å². The third-order valence-electron chi connectivity index (χ3n) is 1.23. The molecule has 2 nitrogen and oxygen atoms in total. The van der Waals surface area contributed by atoms with Gasteiger partial charge in [-0.05, 0) is 47.1 Å². The third-order valence-corrected chi connectivity index (χ3v) is 1.60. The molecule has 1 aromatic heterocycles. The van der Waals surface area contributed by atoms with E-state index in [4.69, 9.17) is 17.8 Å². The Morgan fingerprint density at radius 3 is 2.92 bits per heavy atom. The monoisotopic (exact) mass is 253 g/mol. The molecule has 0 spiro atoms. The fraction of sp³-hybridized carbons (Fsp3) is 0.500. The normalized spacial score (nSPS) is 51.5. The van der Waals surface area contributed by atoms with Gasteiger partial charge in [-0.25, -0.2) is 4.98 Å². The van der Waals surface area contributed by atoms with Gasteiger partial charge in [0.1, 0.15) is 4.60 Å². The summed E-state index contributed by atoms with van der Waals surface area (Å²) in [6.07, 6.45) is -11.6. The summed E-state index contributed by atoms with van der Waals surface area (Å²) in [4.78, 5) is 3.41. The van der Waals surface area contributed by atoms with E-state index in [0.717, 1.165) is 0 Å². The van der Waals surface area contributed by atoms with Gasteiger partial charge in [-0.1, -0.05) is 0 Å². The predicted molar refractivity (Wildman–Crippen MR) is 58.0 cm³/mol. The molecule has 70 valence electrons. The molecule has 0 amide bonds. The summed E-state index contributed by atoms with van der Waals surface area (Å²) < 4.78 is 102. The third kappa shape index (κ3) is 2.21. The summed E-state index contributed by atoms with van der Waals surface area (Å²) in [5.41, 5.74) is -0.948. The van der Waals surface area contributed by atoms with Crippen LogP contribution in [0.1, 0.15) is 36.9 Å². The van der Waals surface area contributed by atoms with E-state index in [-0.39, 0.29) is 9.50 Å². The Labute approximate surface area is 105 Å². The first-order valence-electron chi connectivity index (χ1n) is 9.81. The highest BCUT2D eigenvalue weighted by Gasteiger charge is 2.10. The Balaban J connectivity index is 2.95. The van der Waals surface area contributed by atoms with Crippen molar-refractivity contribution in [2.75, 3.05) is 17.9 Å². The van der Waals surface area contributed by atoms with Crippen LogP contribution in [0.3, 0.4) is 0 Å². The standard InChI is InChI=1S/C10H13BrN2/c11-10-5-4-9(8-12-10)13-6-2-1-3-7-13/h4-5,8H,1-3,6-7H2/i1D2,2D2,3D2,4D,5D,6D2,7D2,8D. The highest BCUT2D eigenvalue weighted by molar-refractivity contribution is 9.10. The van der Waals surface area contributed by atoms with Gasteiger partial charge in [-0.2, -0.15) is 0 Å². The first kappa shape index (κ1) is 2.32. The number of pyridine rings is 1. The lowest BCUT2D eigenvalue weighted by Gasteiger charge is -2.28. The minimum Gasteiger partial charge on any atom is -0.370 e. The van der Waals surface area contributed by atoms with Crippen molar-refractivity contribution >= 4 is 21.6 Å². The predicted octanol–water partition coefficient (Wildman–Crippen LogP) is 2.83. The average molecular weight is 254 g/mol. The van der Waals surface area contributed by atoms with E-state index in [0.29, 0.717) is 0 Å². The molecule has 0 saturated carbocycles. The molecule has 3 heteroatoms. The fourth-order valence-electron chi connectivity index (χ4n) is 0.713. The molecule has 1 aliphatic rings. The van der Waals surface area contributed by atoms with Gasteiger partial charge in [0.05, 0.1) is 16.0 Å². The van der Waals surface area contributed by atoms with Gasteiger partial charge >= 0.3 is 0 Å². The molecule has 0 bridgehead atoms. The van der Waals surface area contributed by atoms with Crippen LogP contribution in [0.4, 0.5) is 5.69 Å². The van der Waals surface area contributed by atoms with Gasteiger partial charge < -0.3 is 4.90 Å². The van der Waals surface area contributed by atoms with Crippen molar-refractivity contribution in [1.82, 2.24) is 4.98 Å². The van der Waals surface area contributed by atoms with Crippen LogP contribution in [0.5, 0.6) is 0 Å². The van der Waals surface area contributed by atoms with Crippen molar-refractivity contribution in [3.8, 4) is 0 Å². The van der Waals surface area contributed by atoms with Gasteiger partial charge in [-0.3, -0.25) is 0 Å². The fourth-order valence-corrected chi connectivity index (χ4v) is 0.901. The molecule has 0 aliphatic carbocycles. The topological polar surface area (TPSA) is 16.1 Å². The van der Waals surface area contributed by atoms with E-state index in [2.05, 4.69) is 20.9 Å². The summed E-state index contributed by atoms with van der Waals surface area (Å²) >= 11 is 2.82. The van der Waals surface area contributed by atoms with Crippen molar-refractivity contribution in [1.29, 1.82) is 0 Å². The van der Waals surface area contributed by atoms with Crippen molar-refractivity contribution in [3.05, 3.63) is 22.9 Å². The Kier molecular flexibility index (Phi) is 0.732. The van der Waals surface area contributed by atoms with Crippen LogP contribution in [0.25, 0.3) is 0 Å². The summed E-state index contributed by atoms with van der Waals surface area (Å²) in [6.45, 7) is -7.03. The highest BCUT2D eigenvalue weighted by Crippen LogP contribution is 2.19. The Morgan fingerprint density at radius 2 is 2.15 bits per heavy atom. The SMILES string of the molecule is [2H]c1nc(Br)c([2H])c([2H])c1N1C([2H])([2H])C([2H])([2H])C([2H])([2H])C([2H])([2H])C1([2H])[2H]. The molecule has 1 aromatic rings. The second-order valence-corrected chi connectivity index (χ2v) is 2.80. The van der Waals surface area contributed by atoms with E-state index in [1.54, 1.807) is 0 Å². The first-order valence-corrected chi connectivity index (χ1v) is 4.10. The van der Waals surface area contributed by atoms with Crippen molar-refractivity contribution < 1.29 is 17.8 Å². The van der Waals surface area contributed by atoms with E-state index < -0.39 is 56.1 Å². The van der Waals surface area contributed by atoms with Gasteiger partial charge in [0, 0.05) is 26.7 Å². The van der Waals surface area contributed by atoms with E-state index in [1.807, 2.05) is 0 Å². The molecule has 1 fully saturated rings. The number of nitrogens with zero attached hydrogens (tertiary/aromatic N) is 2. The number of anilines is 1. The number of rotatable bonds is 1. The number of halogens is 1. The van der Waals surface area contributed by atoms with E-state index in [9.17, 15) is 0 Å². The molecule has 1 saturated heterocycles. The summed E-state index contributed by atoms with van der Waals surface area (Å²) in [6, 6.07) is -1.52. The lowest BCUT2D eigenvalue weighted by atomic mass is 10.1. The number of hydrogen-bond acceptors (Lipinski definition) is 2. The molecule has 1 aliphatic heterocycles. The Morgan fingerprint density at radius 1 is 1.38 bits per heavy atom. The second kappa shape index (κ2) is 4.09. The Bertz CT molecular complexity index is 732. The lowest BCUT2D eigenvalue weighted by molar-refractivity contribution is 0.577. The molecular formula is C10H13BrN2. The van der Waals surface area contributed by atoms with Crippen molar-refractivity contribution in [2.24, 2.45) is 0 Å². The van der Waals surface area contributed by atoms with Crippen LogP contribution < -0.4 is 4.90 Å². The zero-order valence-corrected chi connectivity index (χ0v) is 7.86. The molecule has 2 heterocycles. The molecule has 0 aromatic carbocycles. The summed E-state index contributed by atoms with van der Waals surface area (Å²) in [5.74, 6) is 0. The Hall–Kier alpha value is -0.570. The van der Waals surface area contributed by atoms with Gasteiger partial charge in [-0.15, -0.1) is 0 Å². The summed E-state index contributed by atoms with van der Waals surface area (Å²) in [7, 11) is 0. The molecule has 0 N–H and O–H groups in total. The maximum atomic E-state index is 8.03. The van der Waals surface area contributed by atoms with Crippen LogP contribution >= 0.6 is 15.9 Å². The smallest absolute Gasteiger partial charge is 0.106 e. The van der Waals surface area contributed by atoms with Crippen molar-refractivity contribution in [3.63, 3.8) is 0 Å². The largest absolute Gasteiger partial charge is 0.370 e. The van der Waals surface area contributed by atoms with Crippen LogP contribution in [0, 0.1) is 0 Å². The first-order chi connectivity index (χ1) is 11.4. The zero-order chi connectivity index (χ0) is 20.7. The summed E-state index contributed by atoms with van der Waals surface area (Å²) in [5, 5.41) is 0. The van der Waals surface area contributed by atoms with Crippen LogP contribution in [0.2, 0.25) is 0 Å². The molecular weight excluding hydrogens is 228 g/mol. The molecule has 2 rings (SSSR count). The lowest BCUT2D eigenvalue weighted by Crippen LogP contribution is -2.29. The highest BCUT2D eigenvalue weighted by atomic mass is 79.9. The minimum absolute atomic E-state index is 0.122. The minimum atomic E-state index is -3.60. The molecule has 0 atom stereocenters. The van der Waals surface area contributed by atoms with E-state index >= 15 is 0 Å². The van der Waals surface area contributed by atoms with Gasteiger partial charge in [0.25, 0.3) is 0 Å². The van der Waals surface area contributed by atoms with Crippen LogP contribution in [-0.4, -0.2) is 18.0 Å². The number of hydrogen-bond donors (Lipinski definition) is 0. The quantitative estimate of drug-likeness (QED) is 0.716. The molecule has 13 heavy (non-hydrogen) atoms. The maximum Gasteiger partial charge on any atom is 0.106 e. The van der Waals surface area contributed by atoms with Crippen LogP contribution in [0.15, 0.2) is 22.9 Å². The van der Waals surface area contributed by atoms with Gasteiger partial charge in [0.15, 0.2) is 0 Å².